The normalized spacial score (nSPS) is 26.6. The van der Waals surface area contributed by atoms with E-state index in [1.54, 1.807) is 0 Å². The molecule has 1 aliphatic rings. The van der Waals surface area contributed by atoms with Crippen LogP contribution in [0.5, 0.6) is 0 Å². The van der Waals surface area contributed by atoms with Crippen molar-refractivity contribution in [3.05, 3.63) is 0 Å². The lowest BCUT2D eigenvalue weighted by molar-refractivity contribution is 0.234. The van der Waals surface area contributed by atoms with Crippen LogP contribution in [0.15, 0.2) is 0 Å². The number of hydrogen-bond acceptors (Lipinski definition) is 2. The van der Waals surface area contributed by atoms with Gasteiger partial charge in [0.2, 0.25) is 0 Å². The molecule has 14 heavy (non-hydrogen) atoms. The molecule has 0 unspecified atom stereocenters. The molecule has 1 aliphatic carbocycles. The SMILES string of the molecule is CC(C)NC(=O)N[C@@H]1CC[C@H](CN)C1. The van der Waals surface area contributed by atoms with Crippen LogP contribution in [-0.2, 0) is 0 Å². The largest absolute Gasteiger partial charge is 0.336 e. The first-order valence-electron chi connectivity index (χ1n) is 5.39. The maximum atomic E-state index is 11.4. The van der Waals surface area contributed by atoms with Gasteiger partial charge in [0.15, 0.2) is 0 Å². The number of hydrogen-bond donors (Lipinski definition) is 3. The number of carbonyl (C=O) groups is 1. The summed E-state index contributed by atoms with van der Waals surface area (Å²) in [6, 6.07) is 0.465. The highest BCUT2D eigenvalue weighted by Crippen LogP contribution is 2.24. The molecule has 4 N–H and O–H groups in total. The highest BCUT2D eigenvalue weighted by molar-refractivity contribution is 5.74. The Morgan fingerprint density at radius 1 is 1.50 bits per heavy atom. The molecule has 0 heterocycles. The zero-order valence-corrected chi connectivity index (χ0v) is 9.05. The van der Waals surface area contributed by atoms with Crippen molar-refractivity contribution < 1.29 is 4.79 Å². The molecule has 0 aliphatic heterocycles. The van der Waals surface area contributed by atoms with E-state index < -0.39 is 0 Å². The average molecular weight is 199 g/mol. The summed E-state index contributed by atoms with van der Waals surface area (Å²) in [6.45, 7) is 4.65. The highest BCUT2D eigenvalue weighted by atomic mass is 16.2. The second-order valence-corrected chi connectivity index (χ2v) is 4.38. The van der Waals surface area contributed by atoms with Gasteiger partial charge in [0.05, 0.1) is 0 Å². The molecule has 0 radical (unpaired) electrons. The predicted molar refractivity (Wildman–Crippen MR) is 57.0 cm³/mol. The zero-order valence-electron chi connectivity index (χ0n) is 9.05. The molecule has 1 fully saturated rings. The summed E-state index contributed by atoms with van der Waals surface area (Å²) in [5, 5.41) is 5.79. The van der Waals surface area contributed by atoms with Gasteiger partial charge >= 0.3 is 6.03 Å². The summed E-state index contributed by atoms with van der Waals surface area (Å²) in [6.07, 6.45) is 3.23. The summed E-state index contributed by atoms with van der Waals surface area (Å²) in [4.78, 5) is 11.4. The minimum Gasteiger partial charge on any atom is -0.336 e. The quantitative estimate of drug-likeness (QED) is 0.630. The lowest BCUT2D eigenvalue weighted by Gasteiger charge is -2.15. The van der Waals surface area contributed by atoms with Crippen molar-refractivity contribution in [1.82, 2.24) is 10.6 Å². The third-order valence-corrected chi connectivity index (χ3v) is 2.63. The fourth-order valence-corrected chi connectivity index (χ4v) is 1.91. The molecule has 4 nitrogen and oxygen atoms in total. The zero-order chi connectivity index (χ0) is 10.6. The predicted octanol–water partition coefficient (Wildman–Crippen LogP) is 0.821. The summed E-state index contributed by atoms with van der Waals surface area (Å²) in [7, 11) is 0. The Kier molecular flexibility index (Phi) is 4.20. The number of nitrogens with two attached hydrogens (primary N) is 1. The molecular formula is C10H21N3O. The van der Waals surface area contributed by atoms with Crippen LogP contribution in [0.4, 0.5) is 4.79 Å². The summed E-state index contributed by atoms with van der Waals surface area (Å²) >= 11 is 0. The third-order valence-electron chi connectivity index (χ3n) is 2.63. The minimum atomic E-state index is -0.0531. The van der Waals surface area contributed by atoms with Gasteiger partial charge in [0.25, 0.3) is 0 Å². The van der Waals surface area contributed by atoms with Crippen LogP contribution in [0.3, 0.4) is 0 Å². The van der Waals surface area contributed by atoms with Crippen molar-refractivity contribution in [2.24, 2.45) is 11.7 Å². The average Bonchev–Trinajstić information content (AvgIpc) is 2.50. The van der Waals surface area contributed by atoms with E-state index >= 15 is 0 Å². The Hall–Kier alpha value is -0.770. The second kappa shape index (κ2) is 5.20. The lowest BCUT2D eigenvalue weighted by atomic mass is 10.1. The van der Waals surface area contributed by atoms with E-state index in [9.17, 15) is 4.79 Å². The molecule has 0 aromatic rings. The summed E-state index contributed by atoms with van der Waals surface area (Å²) < 4.78 is 0. The third kappa shape index (κ3) is 3.54. The van der Waals surface area contributed by atoms with Crippen LogP contribution < -0.4 is 16.4 Å². The van der Waals surface area contributed by atoms with Gasteiger partial charge in [-0.25, -0.2) is 4.79 Å². The first-order valence-corrected chi connectivity index (χ1v) is 5.39. The van der Waals surface area contributed by atoms with E-state index in [1.165, 1.54) is 0 Å². The second-order valence-electron chi connectivity index (χ2n) is 4.38. The topological polar surface area (TPSA) is 67.2 Å². The first kappa shape index (κ1) is 11.3. The summed E-state index contributed by atoms with van der Waals surface area (Å²) in [5.74, 6) is 0.597. The van der Waals surface area contributed by atoms with Crippen molar-refractivity contribution in [2.45, 2.75) is 45.2 Å². The van der Waals surface area contributed by atoms with E-state index in [4.69, 9.17) is 5.73 Å². The maximum absolute atomic E-state index is 11.4. The molecule has 2 atom stereocenters. The fourth-order valence-electron chi connectivity index (χ4n) is 1.91. The van der Waals surface area contributed by atoms with Crippen molar-refractivity contribution in [2.75, 3.05) is 6.54 Å². The van der Waals surface area contributed by atoms with Gasteiger partial charge in [-0.1, -0.05) is 0 Å². The monoisotopic (exact) mass is 199 g/mol. The van der Waals surface area contributed by atoms with Crippen molar-refractivity contribution in [3.63, 3.8) is 0 Å². The van der Waals surface area contributed by atoms with Crippen LogP contribution in [0.25, 0.3) is 0 Å². The van der Waals surface area contributed by atoms with E-state index in [0.717, 1.165) is 25.8 Å². The standard InChI is InChI=1S/C10H21N3O/c1-7(2)12-10(14)13-9-4-3-8(5-9)6-11/h7-9H,3-6,11H2,1-2H3,(H2,12,13,14)/t8-,9+/m0/s1. The molecule has 0 aromatic heterocycles. The molecule has 0 saturated heterocycles. The van der Waals surface area contributed by atoms with E-state index in [2.05, 4.69) is 10.6 Å². The minimum absolute atomic E-state index is 0.0531. The van der Waals surface area contributed by atoms with E-state index in [1.807, 2.05) is 13.8 Å². The Morgan fingerprint density at radius 2 is 2.21 bits per heavy atom. The van der Waals surface area contributed by atoms with Crippen LogP contribution >= 0.6 is 0 Å². The van der Waals surface area contributed by atoms with Gasteiger partial charge in [-0.15, -0.1) is 0 Å². The van der Waals surface area contributed by atoms with E-state index in [-0.39, 0.29) is 12.1 Å². The van der Waals surface area contributed by atoms with Crippen molar-refractivity contribution in [3.8, 4) is 0 Å². The van der Waals surface area contributed by atoms with Gasteiger partial charge in [-0.05, 0) is 45.6 Å². The van der Waals surface area contributed by atoms with Gasteiger partial charge in [0, 0.05) is 12.1 Å². The molecule has 0 spiro atoms. The van der Waals surface area contributed by atoms with Crippen LogP contribution in [0.2, 0.25) is 0 Å². The Bertz CT molecular complexity index is 194. The van der Waals surface area contributed by atoms with Gasteiger partial charge in [0.1, 0.15) is 0 Å². The fraction of sp³-hybridized carbons (Fsp3) is 0.900. The first-order chi connectivity index (χ1) is 6.61. The van der Waals surface area contributed by atoms with Gasteiger partial charge in [-0.2, -0.15) is 0 Å². The van der Waals surface area contributed by atoms with Crippen molar-refractivity contribution in [1.29, 1.82) is 0 Å². The molecular weight excluding hydrogens is 178 g/mol. The molecule has 1 rings (SSSR count). The highest BCUT2D eigenvalue weighted by Gasteiger charge is 2.24. The molecule has 4 heteroatoms. The smallest absolute Gasteiger partial charge is 0.315 e. The van der Waals surface area contributed by atoms with Crippen LogP contribution in [0, 0.1) is 5.92 Å². The molecule has 1 saturated carbocycles. The molecule has 0 bridgehead atoms. The summed E-state index contributed by atoms with van der Waals surface area (Å²) in [5.41, 5.74) is 5.58. The number of amides is 2. The number of nitrogens with one attached hydrogen (secondary N) is 2. The van der Waals surface area contributed by atoms with Crippen molar-refractivity contribution >= 4 is 6.03 Å². The van der Waals surface area contributed by atoms with Gasteiger partial charge < -0.3 is 16.4 Å². The lowest BCUT2D eigenvalue weighted by Crippen LogP contribution is -2.43. The Balaban J connectivity index is 2.22. The maximum Gasteiger partial charge on any atom is 0.315 e. The number of carbonyl (C=O) groups excluding carboxylic acids is 1. The Morgan fingerprint density at radius 3 is 2.71 bits per heavy atom. The molecule has 82 valence electrons. The number of urea groups is 1. The van der Waals surface area contributed by atoms with Crippen LogP contribution in [0.1, 0.15) is 33.1 Å². The molecule has 0 aromatic carbocycles. The Labute approximate surface area is 85.6 Å². The molecule has 2 amide bonds. The number of rotatable bonds is 3. The van der Waals surface area contributed by atoms with Gasteiger partial charge in [-0.3, -0.25) is 0 Å². The van der Waals surface area contributed by atoms with Crippen LogP contribution in [-0.4, -0.2) is 24.7 Å². The van der Waals surface area contributed by atoms with E-state index in [0.29, 0.717) is 12.0 Å².